The predicted molar refractivity (Wildman–Crippen MR) is 109 cm³/mol. The third-order valence-corrected chi connectivity index (χ3v) is 7.76. The molecule has 1 unspecified atom stereocenters. The molecule has 1 amide bonds. The van der Waals surface area contributed by atoms with Gasteiger partial charge in [0, 0.05) is 18.8 Å². The molecule has 0 spiro atoms. The van der Waals surface area contributed by atoms with Crippen LogP contribution in [0.1, 0.15) is 12.8 Å². The number of alkyl halides is 3. The topological polar surface area (TPSA) is 102 Å². The summed E-state index contributed by atoms with van der Waals surface area (Å²) < 4.78 is 71.9. The molecule has 1 aliphatic heterocycles. The van der Waals surface area contributed by atoms with Gasteiger partial charge in [0.15, 0.2) is 6.61 Å². The maximum Gasteiger partial charge on any atom is 0.573 e. The standard InChI is InChI=1S/C19H19F3N2O6S2/c20-19(21,22)30-15-7-5-14(6-8-15)23-16(25)12-29-18(26)13-3-1-9-24(11-13)32(27,28)17-4-2-10-31-17/h2,4-8,10,13H,1,3,9,11-12H2,(H,23,25). The van der Waals surface area contributed by atoms with E-state index in [0.29, 0.717) is 19.4 Å². The van der Waals surface area contributed by atoms with Crippen molar-refractivity contribution in [3.05, 3.63) is 41.8 Å². The van der Waals surface area contributed by atoms with E-state index >= 15 is 0 Å². The summed E-state index contributed by atoms with van der Waals surface area (Å²) in [5.74, 6) is -2.53. The Morgan fingerprint density at radius 1 is 1.19 bits per heavy atom. The second-order valence-corrected chi connectivity index (χ2v) is 9.97. The van der Waals surface area contributed by atoms with Gasteiger partial charge in [-0.2, -0.15) is 4.31 Å². The number of thiophene rings is 1. The lowest BCUT2D eigenvalue weighted by atomic mass is 10.00. The number of esters is 1. The van der Waals surface area contributed by atoms with Gasteiger partial charge in [-0.1, -0.05) is 6.07 Å². The van der Waals surface area contributed by atoms with Crippen LogP contribution in [0.25, 0.3) is 0 Å². The van der Waals surface area contributed by atoms with Gasteiger partial charge in [0.1, 0.15) is 9.96 Å². The first kappa shape index (κ1) is 24.0. The molecule has 3 rings (SSSR count). The van der Waals surface area contributed by atoms with E-state index in [1.807, 2.05) is 0 Å². The molecule has 174 valence electrons. The fourth-order valence-corrected chi connectivity index (χ4v) is 5.75. The lowest BCUT2D eigenvalue weighted by Crippen LogP contribution is -2.42. The van der Waals surface area contributed by atoms with Gasteiger partial charge in [-0.05, 0) is 48.6 Å². The molecule has 13 heteroatoms. The molecule has 1 fully saturated rings. The molecule has 1 aromatic carbocycles. The molecule has 2 heterocycles. The fraction of sp³-hybridized carbons (Fsp3) is 0.368. The van der Waals surface area contributed by atoms with Crippen LogP contribution >= 0.6 is 11.3 Å². The Morgan fingerprint density at radius 2 is 1.91 bits per heavy atom. The Kier molecular flexibility index (Phi) is 7.41. The molecule has 1 N–H and O–H groups in total. The molecule has 0 aliphatic carbocycles. The molecule has 1 aromatic heterocycles. The normalized spacial score (nSPS) is 17.5. The van der Waals surface area contributed by atoms with E-state index in [0.717, 1.165) is 23.5 Å². The molecule has 0 bridgehead atoms. The number of sulfonamides is 1. The molecule has 0 saturated carbocycles. The Hall–Kier alpha value is -2.64. The quantitative estimate of drug-likeness (QED) is 0.596. The van der Waals surface area contributed by atoms with Crippen molar-refractivity contribution in [1.29, 1.82) is 0 Å². The first-order valence-electron chi connectivity index (χ1n) is 9.40. The number of nitrogens with zero attached hydrogens (tertiary/aromatic N) is 1. The van der Waals surface area contributed by atoms with Crippen LogP contribution in [0.2, 0.25) is 0 Å². The molecular formula is C19H19F3N2O6S2. The number of hydrogen-bond acceptors (Lipinski definition) is 7. The summed E-state index contributed by atoms with van der Waals surface area (Å²) in [4.78, 5) is 24.3. The van der Waals surface area contributed by atoms with E-state index in [2.05, 4.69) is 10.1 Å². The number of ether oxygens (including phenoxy) is 2. The van der Waals surface area contributed by atoms with Gasteiger partial charge in [0.2, 0.25) is 0 Å². The van der Waals surface area contributed by atoms with Gasteiger partial charge in [-0.3, -0.25) is 9.59 Å². The van der Waals surface area contributed by atoms with Crippen LogP contribution in [0.5, 0.6) is 5.75 Å². The zero-order valence-corrected chi connectivity index (χ0v) is 18.1. The summed E-state index contributed by atoms with van der Waals surface area (Å²) in [5.41, 5.74) is 0.187. The van der Waals surface area contributed by atoms with Crippen molar-refractivity contribution in [2.45, 2.75) is 23.4 Å². The van der Waals surface area contributed by atoms with Gasteiger partial charge in [0.25, 0.3) is 15.9 Å². The van der Waals surface area contributed by atoms with Crippen molar-refractivity contribution in [3.8, 4) is 5.75 Å². The fourth-order valence-electron chi connectivity index (χ4n) is 3.08. The van der Waals surface area contributed by atoms with Gasteiger partial charge in [0.05, 0.1) is 5.92 Å². The van der Waals surface area contributed by atoms with Crippen molar-refractivity contribution in [2.75, 3.05) is 25.0 Å². The smallest absolute Gasteiger partial charge is 0.455 e. The highest BCUT2D eigenvalue weighted by Crippen LogP contribution is 2.27. The minimum absolute atomic E-state index is 0.0403. The van der Waals surface area contributed by atoms with Crippen LogP contribution in [-0.4, -0.2) is 50.7 Å². The maximum absolute atomic E-state index is 12.6. The van der Waals surface area contributed by atoms with Crippen molar-refractivity contribution in [2.24, 2.45) is 5.92 Å². The highest BCUT2D eigenvalue weighted by Gasteiger charge is 2.35. The van der Waals surface area contributed by atoms with E-state index in [9.17, 15) is 31.2 Å². The van der Waals surface area contributed by atoms with Gasteiger partial charge in [-0.15, -0.1) is 24.5 Å². The Bertz CT molecular complexity index is 1040. The monoisotopic (exact) mass is 492 g/mol. The van der Waals surface area contributed by atoms with Crippen molar-refractivity contribution in [1.82, 2.24) is 4.31 Å². The summed E-state index contributed by atoms with van der Waals surface area (Å²) in [6.07, 6.45) is -3.92. The number of nitrogens with one attached hydrogen (secondary N) is 1. The third-order valence-electron chi connectivity index (χ3n) is 4.52. The first-order chi connectivity index (χ1) is 15.0. The second-order valence-electron chi connectivity index (χ2n) is 6.86. The van der Waals surface area contributed by atoms with Gasteiger partial charge in [-0.25, -0.2) is 8.42 Å². The van der Waals surface area contributed by atoms with Crippen LogP contribution in [0.3, 0.4) is 0 Å². The lowest BCUT2D eigenvalue weighted by Gasteiger charge is -2.30. The summed E-state index contributed by atoms with van der Waals surface area (Å²) in [6, 6.07) is 7.58. The van der Waals surface area contributed by atoms with Crippen molar-refractivity contribution >= 4 is 38.9 Å². The minimum Gasteiger partial charge on any atom is -0.455 e. The average Bonchev–Trinajstić information content (AvgIpc) is 3.28. The molecule has 0 radical (unpaired) electrons. The molecule has 2 aromatic rings. The van der Waals surface area contributed by atoms with E-state index in [-0.39, 0.29) is 16.4 Å². The van der Waals surface area contributed by atoms with Crippen LogP contribution in [0.4, 0.5) is 18.9 Å². The molecule has 1 aliphatic rings. The maximum atomic E-state index is 12.6. The molecular weight excluding hydrogens is 473 g/mol. The minimum atomic E-state index is -4.82. The zero-order valence-electron chi connectivity index (χ0n) is 16.5. The Morgan fingerprint density at radius 3 is 2.53 bits per heavy atom. The highest BCUT2D eigenvalue weighted by atomic mass is 32.2. The summed E-state index contributed by atoms with van der Waals surface area (Å²) in [5, 5.41) is 4.03. The number of piperidine rings is 1. The SMILES string of the molecule is O=C(COC(=O)C1CCCN(S(=O)(=O)c2cccs2)C1)Nc1ccc(OC(F)(F)F)cc1. The highest BCUT2D eigenvalue weighted by molar-refractivity contribution is 7.91. The number of hydrogen-bond donors (Lipinski definition) is 1. The third kappa shape index (κ3) is 6.43. The predicted octanol–water partition coefficient (Wildman–Crippen LogP) is 3.23. The van der Waals surface area contributed by atoms with Crippen molar-refractivity contribution in [3.63, 3.8) is 0 Å². The lowest BCUT2D eigenvalue weighted by molar-refractivity contribution is -0.274. The summed E-state index contributed by atoms with van der Waals surface area (Å²) in [6.45, 7) is -0.367. The number of amides is 1. The van der Waals surface area contributed by atoms with E-state index in [1.165, 1.54) is 22.5 Å². The summed E-state index contributed by atoms with van der Waals surface area (Å²) >= 11 is 1.09. The number of halogens is 3. The van der Waals surface area contributed by atoms with Crippen molar-refractivity contribution < 1.29 is 40.7 Å². The Balaban J connectivity index is 1.49. The number of rotatable bonds is 7. The first-order valence-corrected chi connectivity index (χ1v) is 11.7. The summed E-state index contributed by atoms with van der Waals surface area (Å²) in [7, 11) is -3.69. The van der Waals surface area contributed by atoms with E-state index in [1.54, 1.807) is 11.4 Å². The van der Waals surface area contributed by atoms with Crippen LogP contribution < -0.4 is 10.1 Å². The number of carbonyl (C=O) groups excluding carboxylic acids is 2. The second kappa shape index (κ2) is 9.88. The molecule has 32 heavy (non-hydrogen) atoms. The molecule has 1 atom stereocenters. The van der Waals surface area contributed by atoms with Gasteiger partial charge < -0.3 is 14.8 Å². The van der Waals surface area contributed by atoms with Crippen LogP contribution in [0, 0.1) is 5.92 Å². The van der Waals surface area contributed by atoms with Crippen LogP contribution in [-0.2, 0) is 24.3 Å². The molecule has 8 nitrogen and oxygen atoms in total. The average molecular weight is 492 g/mol. The number of benzene rings is 1. The van der Waals surface area contributed by atoms with Gasteiger partial charge >= 0.3 is 12.3 Å². The Labute approximate surface area is 186 Å². The zero-order chi connectivity index (χ0) is 23.4. The largest absolute Gasteiger partial charge is 0.573 e. The van der Waals surface area contributed by atoms with E-state index < -0.39 is 46.5 Å². The van der Waals surface area contributed by atoms with Crippen LogP contribution in [0.15, 0.2) is 46.0 Å². The number of anilines is 1. The molecule has 1 saturated heterocycles. The van der Waals surface area contributed by atoms with E-state index in [4.69, 9.17) is 4.74 Å². The number of carbonyl (C=O) groups is 2.